The van der Waals surface area contributed by atoms with Gasteiger partial charge in [0.05, 0.1) is 19.1 Å². The lowest BCUT2D eigenvalue weighted by Crippen LogP contribution is -2.49. The molecule has 1 amide bonds. The number of thiazole rings is 1. The maximum atomic E-state index is 13.6. The Labute approximate surface area is 226 Å². The van der Waals surface area contributed by atoms with Crippen molar-refractivity contribution in [1.82, 2.24) is 10.3 Å². The third-order valence-electron chi connectivity index (χ3n) is 5.84. The highest BCUT2D eigenvalue weighted by Crippen LogP contribution is 2.38. The van der Waals surface area contributed by atoms with Gasteiger partial charge in [0.15, 0.2) is 23.1 Å². The Bertz CT molecular complexity index is 1390. The fourth-order valence-corrected chi connectivity index (χ4v) is 5.06. The molecule has 0 aliphatic heterocycles. The molecule has 0 aliphatic carbocycles. The van der Waals surface area contributed by atoms with Gasteiger partial charge in [-0.2, -0.15) is 0 Å². The monoisotopic (exact) mass is 529 g/mol. The van der Waals surface area contributed by atoms with E-state index in [4.69, 9.17) is 14.5 Å². The molecule has 0 spiro atoms. The molecule has 0 saturated heterocycles. The van der Waals surface area contributed by atoms with Crippen molar-refractivity contribution in [3.05, 3.63) is 84.4 Å². The molecule has 1 aromatic heterocycles. The Kier molecular flexibility index (Phi) is 8.89. The van der Waals surface area contributed by atoms with E-state index in [1.807, 2.05) is 74.5 Å². The Morgan fingerprint density at radius 3 is 2.11 bits per heavy atom. The number of ketones is 1. The van der Waals surface area contributed by atoms with Crippen LogP contribution in [0.3, 0.4) is 0 Å². The zero-order valence-corrected chi connectivity index (χ0v) is 22.7. The molecule has 196 valence electrons. The smallest absolute Gasteiger partial charge is 0.250 e. The van der Waals surface area contributed by atoms with E-state index in [1.54, 1.807) is 32.4 Å². The highest BCUT2D eigenvalue weighted by atomic mass is 32.1. The fraction of sp³-hybridized carbons (Fsp3) is 0.233. The summed E-state index contributed by atoms with van der Waals surface area (Å²) < 4.78 is 10.7. The van der Waals surface area contributed by atoms with Crippen LogP contribution in [-0.4, -0.2) is 43.0 Å². The second kappa shape index (κ2) is 12.5. The average molecular weight is 530 g/mol. The number of anilines is 1. The number of rotatable bonds is 11. The molecule has 7 nitrogen and oxygen atoms in total. The molecule has 0 aliphatic rings. The van der Waals surface area contributed by atoms with Crippen LogP contribution in [-0.2, 0) is 16.0 Å². The van der Waals surface area contributed by atoms with Crippen molar-refractivity contribution < 1.29 is 19.1 Å². The van der Waals surface area contributed by atoms with Crippen LogP contribution in [0.5, 0.6) is 11.5 Å². The van der Waals surface area contributed by atoms with Gasteiger partial charge in [-0.05, 0) is 37.1 Å². The Morgan fingerprint density at radius 2 is 1.50 bits per heavy atom. The number of benzene rings is 3. The summed E-state index contributed by atoms with van der Waals surface area (Å²) in [6.07, 6.45) is 0.0516. The maximum Gasteiger partial charge on any atom is 0.250 e. The van der Waals surface area contributed by atoms with E-state index >= 15 is 0 Å². The summed E-state index contributed by atoms with van der Waals surface area (Å²) in [6, 6.07) is 23.7. The summed E-state index contributed by atoms with van der Waals surface area (Å²) in [6.45, 7) is 3.80. The summed E-state index contributed by atoms with van der Waals surface area (Å²) in [4.78, 5) is 32.5. The number of nitrogens with zero attached hydrogens (tertiary/aromatic N) is 1. The molecule has 3 aromatic carbocycles. The van der Waals surface area contributed by atoms with Gasteiger partial charge in [0.2, 0.25) is 5.91 Å². The number of amides is 1. The first-order valence-corrected chi connectivity index (χ1v) is 13.1. The van der Waals surface area contributed by atoms with Crippen LogP contribution in [0.4, 0.5) is 5.82 Å². The molecule has 1 unspecified atom stereocenters. The largest absolute Gasteiger partial charge is 0.493 e. The van der Waals surface area contributed by atoms with Crippen LogP contribution in [0.2, 0.25) is 0 Å². The first-order chi connectivity index (χ1) is 18.4. The summed E-state index contributed by atoms with van der Waals surface area (Å²) in [5.74, 6) is 0.817. The van der Waals surface area contributed by atoms with Crippen molar-refractivity contribution in [2.24, 2.45) is 0 Å². The van der Waals surface area contributed by atoms with E-state index in [9.17, 15) is 9.59 Å². The highest BCUT2D eigenvalue weighted by Gasteiger charge is 2.29. The highest BCUT2D eigenvalue weighted by molar-refractivity contribution is 7.19. The third kappa shape index (κ3) is 6.45. The Balaban J connectivity index is 1.62. The van der Waals surface area contributed by atoms with Crippen molar-refractivity contribution in [3.8, 4) is 32.5 Å². The average Bonchev–Trinajstić information content (AvgIpc) is 3.36. The number of methoxy groups -OCH3 is 2. The van der Waals surface area contributed by atoms with Gasteiger partial charge < -0.3 is 14.8 Å². The van der Waals surface area contributed by atoms with Gasteiger partial charge in [-0.3, -0.25) is 14.9 Å². The molecule has 38 heavy (non-hydrogen) atoms. The van der Waals surface area contributed by atoms with E-state index in [0.29, 0.717) is 17.3 Å². The van der Waals surface area contributed by atoms with Crippen LogP contribution in [0, 0.1) is 0 Å². The van der Waals surface area contributed by atoms with Gasteiger partial charge in [-0.1, -0.05) is 66.7 Å². The van der Waals surface area contributed by atoms with Crippen molar-refractivity contribution in [1.29, 1.82) is 0 Å². The summed E-state index contributed by atoms with van der Waals surface area (Å²) in [7, 11) is 3.10. The second-order valence-electron chi connectivity index (χ2n) is 9.00. The quantitative estimate of drug-likeness (QED) is 0.246. The van der Waals surface area contributed by atoms with Crippen LogP contribution >= 0.6 is 11.3 Å². The van der Waals surface area contributed by atoms with Gasteiger partial charge in [0.25, 0.3) is 0 Å². The van der Waals surface area contributed by atoms with Crippen LogP contribution < -0.4 is 20.1 Å². The van der Waals surface area contributed by atoms with E-state index in [-0.39, 0.29) is 18.2 Å². The van der Waals surface area contributed by atoms with E-state index < -0.39 is 11.9 Å². The molecule has 8 heteroatoms. The first kappa shape index (κ1) is 27.0. The number of hydrogen-bond donors (Lipinski definition) is 2. The zero-order valence-electron chi connectivity index (χ0n) is 21.9. The molecule has 1 atom stereocenters. The topological polar surface area (TPSA) is 89.5 Å². The Morgan fingerprint density at radius 1 is 0.868 bits per heavy atom. The number of ether oxygens (including phenoxy) is 2. The lowest BCUT2D eigenvalue weighted by molar-refractivity contribution is -0.128. The minimum Gasteiger partial charge on any atom is -0.493 e. The molecule has 0 fully saturated rings. The number of aromatic nitrogens is 1. The SMILES string of the molecule is COc1ccc(CC(=O)C(NC(C)C)C(=O)Nc2nc(-c3ccccc3)sc2-c2ccccc2)cc1OC. The first-order valence-electron chi connectivity index (χ1n) is 12.3. The predicted octanol–water partition coefficient (Wildman–Crippen LogP) is 5.61. The minimum absolute atomic E-state index is 0.0516. The fourth-order valence-electron chi connectivity index (χ4n) is 4.03. The van der Waals surface area contributed by atoms with Crippen LogP contribution in [0.1, 0.15) is 19.4 Å². The molecular formula is C30H31N3O4S. The molecule has 4 aromatic rings. The molecule has 0 bridgehead atoms. The standard InChI is InChI=1S/C30H31N3O4S/c1-19(2)31-26(23(34)17-20-15-16-24(36-3)25(18-20)37-4)29(35)32-28-27(21-11-7-5-8-12-21)38-30(33-28)22-13-9-6-10-14-22/h5-16,18-19,26,31H,17H2,1-4H3,(H,32,35). The second-order valence-corrected chi connectivity index (χ2v) is 10.0. The van der Waals surface area contributed by atoms with Gasteiger partial charge >= 0.3 is 0 Å². The molecule has 4 rings (SSSR count). The number of carbonyl (C=O) groups excluding carboxylic acids is 2. The van der Waals surface area contributed by atoms with Crippen molar-refractivity contribution in [2.75, 3.05) is 19.5 Å². The number of carbonyl (C=O) groups is 2. The summed E-state index contributed by atoms with van der Waals surface area (Å²) in [5, 5.41) is 6.85. The molecular weight excluding hydrogens is 498 g/mol. The zero-order chi connectivity index (χ0) is 27.1. The van der Waals surface area contributed by atoms with Crippen molar-refractivity contribution in [3.63, 3.8) is 0 Å². The van der Waals surface area contributed by atoms with Gasteiger partial charge in [0, 0.05) is 18.0 Å². The lowest BCUT2D eigenvalue weighted by atomic mass is 10.0. The van der Waals surface area contributed by atoms with E-state index in [2.05, 4.69) is 10.6 Å². The van der Waals surface area contributed by atoms with Crippen LogP contribution in [0.15, 0.2) is 78.9 Å². The summed E-state index contributed by atoms with van der Waals surface area (Å²) >= 11 is 1.49. The van der Waals surface area contributed by atoms with Crippen LogP contribution in [0.25, 0.3) is 21.0 Å². The van der Waals surface area contributed by atoms with E-state index in [1.165, 1.54) is 11.3 Å². The number of nitrogens with one attached hydrogen (secondary N) is 2. The minimum atomic E-state index is -1.06. The molecule has 2 N–H and O–H groups in total. The lowest BCUT2D eigenvalue weighted by Gasteiger charge is -2.20. The molecule has 0 saturated carbocycles. The maximum absolute atomic E-state index is 13.6. The summed E-state index contributed by atoms with van der Waals surface area (Å²) in [5.41, 5.74) is 2.62. The number of hydrogen-bond acceptors (Lipinski definition) is 7. The van der Waals surface area contributed by atoms with Gasteiger partial charge in [-0.15, -0.1) is 11.3 Å². The normalized spacial score (nSPS) is 11.7. The van der Waals surface area contributed by atoms with Gasteiger partial charge in [-0.25, -0.2) is 4.98 Å². The predicted molar refractivity (Wildman–Crippen MR) is 152 cm³/mol. The molecule has 0 radical (unpaired) electrons. The molecule has 1 heterocycles. The third-order valence-corrected chi connectivity index (χ3v) is 6.99. The Hall–Kier alpha value is -4.01. The van der Waals surface area contributed by atoms with Crippen molar-refractivity contribution >= 4 is 28.8 Å². The van der Waals surface area contributed by atoms with Gasteiger partial charge in [0.1, 0.15) is 11.0 Å². The number of Topliss-reactive ketones (excluding diaryl/α,β-unsaturated/α-hetero) is 1. The van der Waals surface area contributed by atoms with E-state index in [0.717, 1.165) is 26.6 Å². The van der Waals surface area contributed by atoms with Crippen molar-refractivity contribution in [2.45, 2.75) is 32.4 Å².